The highest BCUT2D eigenvalue weighted by molar-refractivity contribution is 9.10. The zero-order valence-corrected chi connectivity index (χ0v) is 13.1. The van der Waals surface area contributed by atoms with E-state index in [1.165, 1.54) is 6.07 Å². The highest BCUT2D eigenvalue weighted by atomic mass is 79.9. The third-order valence-electron chi connectivity index (χ3n) is 3.50. The third kappa shape index (κ3) is 2.36. The molecule has 0 saturated carbocycles. The van der Waals surface area contributed by atoms with Crippen LogP contribution in [0.5, 0.6) is 0 Å². The normalized spacial score (nSPS) is 11.2. The van der Waals surface area contributed by atoms with Gasteiger partial charge in [-0.2, -0.15) is 0 Å². The largest absolute Gasteiger partial charge is 0.358 e. The van der Waals surface area contributed by atoms with Gasteiger partial charge in [0.15, 0.2) is 0 Å². The number of H-pyrrole nitrogens is 1. The van der Waals surface area contributed by atoms with Crippen LogP contribution in [0.25, 0.3) is 10.9 Å². The first-order valence-electron chi connectivity index (χ1n) is 6.26. The Hall–Kier alpha value is -1.32. The van der Waals surface area contributed by atoms with Crippen molar-refractivity contribution in [3.8, 4) is 0 Å². The fourth-order valence-corrected chi connectivity index (χ4v) is 3.11. The highest BCUT2D eigenvalue weighted by Gasteiger charge is 2.13. The van der Waals surface area contributed by atoms with E-state index in [0.717, 1.165) is 26.6 Å². The molecule has 3 aromatic rings. The summed E-state index contributed by atoms with van der Waals surface area (Å²) >= 11 is 9.49. The van der Waals surface area contributed by atoms with Crippen LogP contribution >= 0.6 is 27.5 Å². The van der Waals surface area contributed by atoms with Gasteiger partial charge in [-0.05, 0) is 42.8 Å². The van der Waals surface area contributed by atoms with Gasteiger partial charge in [0.1, 0.15) is 5.82 Å². The Morgan fingerprint density at radius 3 is 2.75 bits per heavy atom. The summed E-state index contributed by atoms with van der Waals surface area (Å²) in [6.45, 7) is 2.00. The van der Waals surface area contributed by atoms with E-state index in [1.54, 1.807) is 6.07 Å². The predicted octanol–water partition coefficient (Wildman–Crippen LogP) is 5.62. The standard InChI is InChI=1S/C16H12BrClFN/c1-9-11(8-13-14(17)3-2-4-15(13)19)12-7-10(18)5-6-16(12)20-9/h2-7,20H,8H2,1H3. The Morgan fingerprint density at radius 1 is 1.20 bits per heavy atom. The molecule has 0 unspecified atom stereocenters. The van der Waals surface area contributed by atoms with Crippen molar-refractivity contribution in [1.29, 1.82) is 0 Å². The van der Waals surface area contributed by atoms with Gasteiger partial charge >= 0.3 is 0 Å². The molecule has 1 nitrogen and oxygen atoms in total. The first-order valence-corrected chi connectivity index (χ1v) is 7.43. The molecule has 0 atom stereocenters. The van der Waals surface area contributed by atoms with E-state index in [9.17, 15) is 4.39 Å². The first kappa shape index (κ1) is 13.7. The summed E-state index contributed by atoms with van der Waals surface area (Å²) in [6, 6.07) is 10.8. The second-order valence-electron chi connectivity index (χ2n) is 4.80. The highest BCUT2D eigenvalue weighted by Crippen LogP contribution is 2.30. The zero-order chi connectivity index (χ0) is 14.3. The number of aryl methyl sites for hydroxylation is 1. The summed E-state index contributed by atoms with van der Waals surface area (Å²) in [5, 5.41) is 1.73. The van der Waals surface area contributed by atoms with Gasteiger partial charge in [0, 0.05) is 38.1 Å². The lowest BCUT2D eigenvalue weighted by Gasteiger charge is -2.07. The van der Waals surface area contributed by atoms with Gasteiger partial charge in [-0.3, -0.25) is 0 Å². The maximum absolute atomic E-state index is 14.0. The van der Waals surface area contributed by atoms with Crippen molar-refractivity contribution >= 4 is 38.4 Å². The molecule has 0 aliphatic rings. The quantitative estimate of drug-likeness (QED) is 0.616. The number of fused-ring (bicyclic) bond motifs is 1. The third-order valence-corrected chi connectivity index (χ3v) is 4.47. The molecule has 0 radical (unpaired) electrons. The lowest BCUT2D eigenvalue weighted by atomic mass is 10.0. The van der Waals surface area contributed by atoms with Gasteiger partial charge in [0.25, 0.3) is 0 Å². The molecule has 3 rings (SSSR count). The van der Waals surface area contributed by atoms with E-state index in [0.29, 0.717) is 17.0 Å². The Bertz CT molecular complexity index is 774. The number of nitrogens with one attached hydrogen (secondary N) is 1. The summed E-state index contributed by atoms with van der Waals surface area (Å²) < 4.78 is 14.8. The number of aromatic amines is 1. The van der Waals surface area contributed by atoms with Crippen LogP contribution in [-0.2, 0) is 6.42 Å². The first-order chi connectivity index (χ1) is 9.56. The van der Waals surface area contributed by atoms with Gasteiger partial charge in [0.05, 0.1) is 0 Å². The molecule has 0 aliphatic carbocycles. The number of rotatable bonds is 2. The molecule has 0 amide bonds. The molecule has 4 heteroatoms. The molecule has 1 heterocycles. The van der Waals surface area contributed by atoms with Crippen molar-refractivity contribution in [1.82, 2.24) is 4.98 Å². The molecule has 20 heavy (non-hydrogen) atoms. The summed E-state index contributed by atoms with van der Waals surface area (Å²) in [4.78, 5) is 3.32. The maximum Gasteiger partial charge on any atom is 0.127 e. The van der Waals surface area contributed by atoms with Crippen LogP contribution in [0.2, 0.25) is 5.02 Å². The SMILES string of the molecule is Cc1[nH]c2ccc(Cl)cc2c1Cc1c(F)cccc1Br. The minimum atomic E-state index is -0.199. The Morgan fingerprint density at radius 2 is 2.00 bits per heavy atom. The monoisotopic (exact) mass is 351 g/mol. The molecular weight excluding hydrogens is 341 g/mol. The Labute approximate surface area is 129 Å². The van der Waals surface area contributed by atoms with Crippen molar-refractivity contribution < 1.29 is 4.39 Å². The van der Waals surface area contributed by atoms with E-state index in [4.69, 9.17) is 11.6 Å². The summed E-state index contributed by atoms with van der Waals surface area (Å²) in [6.07, 6.45) is 0.527. The van der Waals surface area contributed by atoms with Crippen molar-refractivity contribution in [3.05, 3.63) is 68.5 Å². The van der Waals surface area contributed by atoms with Crippen LogP contribution in [0.15, 0.2) is 40.9 Å². The van der Waals surface area contributed by atoms with Crippen LogP contribution in [0.1, 0.15) is 16.8 Å². The molecule has 0 aliphatic heterocycles. The lowest BCUT2D eigenvalue weighted by Crippen LogP contribution is -1.95. The average molecular weight is 353 g/mol. The molecule has 0 fully saturated rings. The topological polar surface area (TPSA) is 15.8 Å². The number of hydrogen-bond acceptors (Lipinski definition) is 0. The van der Waals surface area contributed by atoms with Gasteiger partial charge in [-0.25, -0.2) is 4.39 Å². The van der Waals surface area contributed by atoms with E-state index in [-0.39, 0.29) is 5.82 Å². The zero-order valence-electron chi connectivity index (χ0n) is 10.8. The van der Waals surface area contributed by atoms with Crippen LogP contribution in [0.3, 0.4) is 0 Å². The molecule has 2 aromatic carbocycles. The van der Waals surface area contributed by atoms with E-state index >= 15 is 0 Å². The predicted molar refractivity (Wildman–Crippen MR) is 85.0 cm³/mol. The van der Waals surface area contributed by atoms with Gasteiger partial charge in [-0.1, -0.05) is 33.6 Å². The fraction of sp³-hybridized carbons (Fsp3) is 0.125. The summed E-state index contributed by atoms with van der Waals surface area (Å²) in [5.41, 5.74) is 3.80. The van der Waals surface area contributed by atoms with Crippen LogP contribution in [0, 0.1) is 12.7 Å². The van der Waals surface area contributed by atoms with Crippen molar-refractivity contribution in [2.75, 3.05) is 0 Å². The second kappa shape index (κ2) is 5.23. The molecule has 102 valence electrons. The van der Waals surface area contributed by atoms with E-state index < -0.39 is 0 Å². The Kier molecular flexibility index (Phi) is 3.57. The Balaban J connectivity index is 2.15. The number of aromatic nitrogens is 1. The second-order valence-corrected chi connectivity index (χ2v) is 6.09. The average Bonchev–Trinajstić information content (AvgIpc) is 2.70. The fourth-order valence-electron chi connectivity index (χ4n) is 2.46. The smallest absolute Gasteiger partial charge is 0.127 e. The van der Waals surface area contributed by atoms with Crippen molar-refractivity contribution in [2.24, 2.45) is 0 Å². The van der Waals surface area contributed by atoms with Crippen LogP contribution in [0.4, 0.5) is 4.39 Å². The van der Waals surface area contributed by atoms with Crippen LogP contribution < -0.4 is 0 Å². The van der Waals surface area contributed by atoms with E-state index in [1.807, 2.05) is 31.2 Å². The molecule has 1 aromatic heterocycles. The van der Waals surface area contributed by atoms with E-state index in [2.05, 4.69) is 20.9 Å². The summed E-state index contributed by atoms with van der Waals surface area (Å²) in [7, 11) is 0. The molecule has 0 saturated heterocycles. The van der Waals surface area contributed by atoms with Crippen molar-refractivity contribution in [3.63, 3.8) is 0 Å². The molecular formula is C16H12BrClFN. The number of halogens is 3. The lowest BCUT2D eigenvalue weighted by molar-refractivity contribution is 0.612. The molecule has 0 bridgehead atoms. The molecule has 0 spiro atoms. The molecule has 1 N–H and O–H groups in total. The minimum absolute atomic E-state index is 0.199. The van der Waals surface area contributed by atoms with Gasteiger partial charge in [-0.15, -0.1) is 0 Å². The number of benzene rings is 2. The van der Waals surface area contributed by atoms with Gasteiger partial charge in [0.2, 0.25) is 0 Å². The van der Waals surface area contributed by atoms with Crippen molar-refractivity contribution in [2.45, 2.75) is 13.3 Å². The maximum atomic E-state index is 14.0. The number of hydrogen-bond donors (Lipinski definition) is 1. The van der Waals surface area contributed by atoms with Gasteiger partial charge < -0.3 is 4.98 Å². The minimum Gasteiger partial charge on any atom is -0.358 e. The van der Waals surface area contributed by atoms with Crippen LogP contribution in [-0.4, -0.2) is 4.98 Å². The summed E-state index contributed by atoms with van der Waals surface area (Å²) in [5.74, 6) is -0.199.